The molecule has 5 nitrogen and oxygen atoms in total. The van der Waals surface area contributed by atoms with Crippen LogP contribution >= 0.6 is 0 Å². The van der Waals surface area contributed by atoms with Crippen LogP contribution in [0, 0.1) is 12.7 Å². The Morgan fingerprint density at radius 2 is 2.16 bits per heavy atom. The molecule has 0 aliphatic heterocycles. The number of aliphatic imine (C=N–C) groups is 1. The Morgan fingerprint density at radius 1 is 1.36 bits per heavy atom. The number of aryl methyl sites for hydroxylation is 1. The Morgan fingerprint density at radius 3 is 2.80 bits per heavy atom. The number of rotatable bonds is 6. The van der Waals surface area contributed by atoms with Crippen molar-refractivity contribution in [3.05, 3.63) is 59.2 Å². The lowest BCUT2D eigenvalue weighted by Gasteiger charge is -2.22. The van der Waals surface area contributed by atoms with Crippen LogP contribution in [-0.2, 0) is 13.1 Å². The molecule has 0 aliphatic carbocycles. The monoisotopic (exact) mass is 344 g/mol. The van der Waals surface area contributed by atoms with E-state index in [2.05, 4.69) is 15.3 Å². The minimum atomic E-state index is -0.362. The number of guanidine groups is 1. The van der Waals surface area contributed by atoms with E-state index >= 15 is 0 Å². The molecule has 2 rings (SSSR count). The molecule has 0 spiro atoms. The van der Waals surface area contributed by atoms with Crippen LogP contribution in [-0.4, -0.2) is 36.5 Å². The van der Waals surface area contributed by atoms with Gasteiger partial charge in [0, 0.05) is 26.3 Å². The number of hydrogen-bond donors (Lipinski definition) is 1. The van der Waals surface area contributed by atoms with E-state index in [9.17, 15) is 4.39 Å². The molecule has 0 atom stereocenters. The van der Waals surface area contributed by atoms with Gasteiger partial charge in [0.05, 0.1) is 19.3 Å². The third-order valence-corrected chi connectivity index (χ3v) is 3.83. The minimum absolute atomic E-state index is 0.248. The first kappa shape index (κ1) is 18.7. The molecule has 0 amide bonds. The number of halogens is 1. The summed E-state index contributed by atoms with van der Waals surface area (Å²) < 4.78 is 18.8. The average molecular weight is 344 g/mol. The minimum Gasteiger partial charge on any atom is -0.494 e. The van der Waals surface area contributed by atoms with E-state index in [4.69, 9.17) is 4.74 Å². The second-order valence-corrected chi connectivity index (χ2v) is 5.76. The number of methoxy groups -OCH3 is 1. The Bertz CT molecular complexity index is 733. The normalized spacial score (nSPS) is 11.3. The summed E-state index contributed by atoms with van der Waals surface area (Å²) in [5.74, 6) is 0.640. The predicted molar refractivity (Wildman–Crippen MR) is 98.2 cm³/mol. The second kappa shape index (κ2) is 9.01. The molecule has 134 valence electrons. The van der Waals surface area contributed by atoms with Gasteiger partial charge in [0.15, 0.2) is 17.5 Å². The summed E-state index contributed by atoms with van der Waals surface area (Å²) in [5, 5.41) is 3.26. The summed E-state index contributed by atoms with van der Waals surface area (Å²) in [6.45, 7) is 5.82. The molecule has 6 heteroatoms. The third kappa shape index (κ3) is 5.17. The van der Waals surface area contributed by atoms with Crippen molar-refractivity contribution in [2.75, 3.05) is 20.7 Å². The number of pyridine rings is 1. The molecular formula is C19H25FN4O. The maximum absolute atomic E-state index is 13.9. The maximum Gasteiger partial charge on any atom is 0.194 e. The van der Waals surface area contributed by atoms with Gasteiger partial charge in [-0.15, -0.1) is 0 Å². The fourth-order valence-electron chi connectivity index (χ4n) is 2.46. The van der Waals surface area contributed by atoms with Crippen LogP contribution in [0.5, 0.6) is 5.75 Å². The van der Waals surface area contributed by atoms with Crippen LogP contribution in [0.25, 0.3) is 0 Å². The fourth-order valence-corrected chi connectivity index (χ4v) is 2.46. The molecule has 1 N–H and O–H groups in total. The average Bonchev–Trinajstić information content (AvgIpc) is 2.60. The Kier molecular flexibility index (Phi) is 6.74. The lowest BCUT2D eigenvalue weighted by Crippen LogP contribution is -2.38. The maximum atomic E-state index is 13.9. The van der Waals surface area contributed by atoms with Gasteiger partial charge in [-0.3, -0.25) is 4.98 Å². The summed E-state index contributed by atoms with van der Waals surface area (Å²) in [7, 11) is 3.38. The second-order valence-electron chi connectivity index (χ2n) is 5.76. The van der Waals surface area contributed by atoms with Crippen molar-refractivity contribution >= 4 is 5.96 Å². The van der Waals surface area contributed by atoms with Gasteiger partial charge < -0.3 is 15.0 Å². The van der Waals surface area contributed by atoms with Crippen molar-refractivity contribution in [3.63, 3.8) is 0 Å². The van der Waals surface area contributed by atoms with Crippen LogP contribution in [0.3, 0.4) is 0 Å². The highest BCUT2D eigenvalue weighted by molar-refractivity contribution is 5.79. The van der Waals surface area contributed by atoms with Crippen molar-refractivity contribution in [3.8, 4) is 5.75 Å². The summed E-state index contributed by atoms with van der Waals surface area (Å²) in [4.78, 5) is 11.0. The smallest absolute Gasteiger partial charge is 0.194 e. The Labute approximate surface area is 148 Å². The number of aromatic nitrogens is 1. The molecule has 0 fully saturated rings. The van der Waals surface area contributed by atoms with E-state index in [1.54, 1.807) is 12.3 Å². The number of nitrogens with zero attached hydrogens (tertiary/aromatic N) is 3. The van der Waals surface area contributed by atoms with E-state index in [0.717, 1.165) is 29.3 Å². The molecule has 1 aromatic carbocycles. The highest BCUT2D eigenvalue weighted by Crippen LogP contribution is 2.18. The van der Waals surface area contributed by atoms with Crippen LogP contribution in [0.15, 0.2) is 41.5 Å². The van der Waals surface area contributed by atoms with E-state index < -0.39 is 0 Å². The molecule has 1 aromatic heterocycles. The SMILES string of the molecule is CCNC(=NCc1ncccc1C)N(C)Cc1ccc(OC)c(F)c1. The van der Waals surface area contributed by atoms with Crippen LogP contribution < -0.4 is 10.1 Å². The molecule has 0 bridgehead atoms. The lowest BCUT2D eigenvalue weighted by molar-refractivity contribution is 0.385. The molecule has 2 aromatic rings. The summed E-state index contributed by atoms with van der Waals surface area (Å²) in [6, 6.07) is 8.92. The first-order chi connectivity index (χ1) is 12.0. The zero-order valence-corrected chi connectivity index (χ0v) is 15.2. The Hall–Kier alpha value is -2.63. The lowest BCUT2D eigenvalue weighted by atomic mass is 10.2. The summed E-state index contributed by atoms with van der Waals surface area (Å²) >= 11 is 0. The van der Waals surface area contributed by atoms with Crippen molar-refractivity contribution in [2.45, 2.75) is 26.9 Å². The predicted octanol–water partition coefficient (Wildman–Crippen LogP) is 3.14. The summed E-state index contributed by atoms with van der Waals surface area (Å²) in [6.07, 6.45) is 1.77. The van der Waals surface area contributed by atoms with Gasteiger partial charge >= 0.3 is 0 Å². The number of nitrogens with one attached hydrogen (secondary N) is 1. The van der Waals surface area contributed by atoms with E-state index in [1.807, 2.05) is 44.0 Å². The van der Waals surface area contributed by atoms with Crippen LogP contribution in [0.1, 0.15) is 23.7 Å². The van der Waals surface area contributed by atoms with Crippen LogP contribution in [0.4, 0.5) is 4.39 Å². The first-order valence-corrected chi connectivity index (χ1v) is 8.27. The summed E-state index contributed by atoms with van der Waals surface area (Å²) in [5.41, 5.74) is 2.91. The fraction of sp³-hybridized carbons (Fsp3) is 0.368. The van der Waals surface area contributed by atoms with Crippen LogP contribution in [0.2, 0.25) is 0 Å². The third-order valence-electron chi connectivity index (χ3n) is 3.83. The number of ether oxygens (including phenoxy) is 1. The van der Waals surface area contributed by atoms with Crippen molar-refractivity contribution in [2.24, 2.45) is 4.99 Å². The van der Waals surface area contributed by atoms with Crippen molar-refractivity contribution in [1.29, 1.82) is 0 Å². The largest absolute Gasteiger partial charge is 0.494 e. The van der Waals surface area contributed by atoms with E-state index in [0.29, 0.717) is 13.1 Å². The Balaban J connectivity index is 2.11. The highest BCUT2D eigenvalue weighted by atomic mass is 19.1. The quantitative estimate of drug-likeness (QED) is 0.646. The zero-order valence-electron chi connectivity index (χ0n) is 15.2. The van der Waals surface area contributed by atoms with E-state index in [1.165, 1.54) is 13.2 Å². The molecule has 1 heterocycles. The molecule has 0 saturated carbocycles. The zero-order chi connectivity index (χ0) is 18.2. The van der Waals surface area contributed by atoms with E-state index in [-0.39, 0.29) is 11.6 Å². The molecular weight excluding hydrogens is 319 g/mol. The van der Waals surface area contributed by atoms with Gasteiger partial charge in [-0.25, -0.2) is 9.38 Å². The standard InChI is InChI=1S/C19H25FN4O/c1-5-21-19(23-12-17-14(2)7-6-10-22-17)24(3)13-15-8-9-18(25-4)16(20)11-15/h6-11H,5,12-13H2,1-4H3,(H,21,23). The molecule has 0 saturated heterocycles. The molecule has 0 aliphatic rings. The number of benzene rings is 1. The van der Waals surface area contributed by atoms with Gasteiger partial charge in [0.25, 0.3) is 0 Å². The first-order valence-electron chi connectivity index (χ1n) is 8.27. The van der Waals surface area contributed by atoms with Crippen molar-refractivity contribution < 1.29 is 9.13 Å². The topological polar surface area (TPSA) is 49.8 Å². The van der Waals surface area contributed by atoms with Gasteiger partial charge in [-0.05, 0) is 43.2 Å². The van der Waals surface area contributed by atoms with Gasteiger partial charge in [-0.2, -0.15) is 0 Å². The van der Waals surface area contributed by atoms with Gasteiger partial charge in [-0.1, -0.05) is 12.1 Å². The van der Waals surface area contributed by atoms with Gasteiger partial charge in [0.1, 0.15) is 0 Å². The highest BCUT2D eigenvalue weighted by Gasteiger charge is 2.10. The number of hydrogen-bond acceptors (Lipinski definition) is 3. The molecule has 0 radical (unpaired) electrons. The molecule has 0 unspecified atom stereocenters. The van der Waals surface area contributed by atoms with Crippen molar-refractivity contribution in [1.82, 2.24) is 15.2 Å². The molecule has 25 heavy (non-hydrogen) atoms. The van der Waals surface area contributed by atoms with Gasteiger partial charge in [0.2, 0.25) is 0 Å².